The average Bonchev–Trinajstić information content (AvgIpc) is 2.93. The number of carboxylic acid groups (broad SMARTS) is 1. The lowest BCUT2D eigenvalue weighted by molar-refractivity contribution is -0.150. The molecule has 2 unspecified atom stereocenters. The first-order chi connectivity index (χ1) is 8.91. The highest BCUT2D eigenvalue weighted by molar-refractivity contribution is 5.90. The normalized spacial score (nSPS) is 34.5. The lowest BCUT2D eigenvalue weighted by Crippen LogP contribution is -2.47. The van der Waals surface area contributed by atoms with Crippen LogP contribution in [0.4, 0.5) is 0 Å². The van der Waals surface area contributed by atoms with Gasteiger partial charge in [-0.3, -0.25) is 14.4 Å². The molecule has 0 radical (unpaired) electrons. The first kappa shape index (κ1) is 13.8. The molecule has 19 heavy (non-hydrogen) atoms. The quantitative estimate of drug-likeness (QED) is 0.603. The number of aliphatic hydroxyl groups excluding tert-OH is 1. The number of carboxylic acids is 1. The molecule has 4 atom stereocenters. The first-order valence-electron chi connectivity index (χ1n) is 6.42. The third-order valence-electron chi connectivity index (χ3n) is 4.04. The van der Waals surface area contributed by atoms with Crippen LogP contribution in [0, 0.1) is 11.8 Å². The number of hydrogen-bond acceptors (Lipinski definition) is 4. The number of nitrogens with zero attached hydrogens (tertiary/aromatic N) is 1. The molecule has 4 N–H and O–H groups in total. The number of β-amino-alcohol motifs (C(OH)–C–C–N with tert-alkyl or cyclic N) is 1. The van der Waals surface area contributed by atoms with Crippen molar-refractivity contribution in [3.8, 4) is 0 Å². The molecule has 0 aromatic carbocycles. The van der Waals surface area contributed by atoms with Gasteiger partial charge in [0, 0.05) is 13.0 Å². The predicted octanol–water partition coefficient (Wildman–Crippen LogP) is -1.07. The molecule has 0 aromatic rings. The highest BCUT2D eigenvalue weighted by atomic mass is 16.4. The van der Waals surface area contributed by atoms with Crippen LogP contribution < -0.4 is 5.73 Å². The second kappa shape index (κ2) is 5.16. The summed E-state index contributed by atoms with van der Waals surface area (Å²) in [5.41, 5.74) is 5.22. The maximum atomic E-state index is 12.4. The second-order valence-corrected chi connectivity index (χ2v) is 5.28. The summed E-state index contributed by atoms with van der Waals surface area (Å²) in [6.45, 7) is 0.0509. The zero-order chi connectivity index (χ0) is 14.2. The molecule has 1 saturated carbocycles. The molecule has 0 aromatic heterocycles. The Balaban J connectivity index is 2.14. The van der Waals surface area contributed by atoms with Crippen molar-refractivity contribution in [3.63, 3.8) is 0 Å². The fourth-order valence-corrected chi connectivity index (χ4v) is 3.09. The molecule has 0 bridgehead atoms. The second-order valence-electron chi connectivity index (χ2n) is 5.28. The zero-order valence-electron chi connectivity index (χ0n) is 10.5. The number of nitrogens with two attached hydrogens (primary N) is 1. The van der Waals surface area contributed by atoms with Crippen LogP contribution in [0.1, 0.15) is 25.7 Å². The Morgan fingerprint density at radius 2 is 1.79 bits per heavy atom. The number of likely N-dealkylation sites (tertiary alicyclic amines) is 1. The Hall–Kier alpha value is -1.63. The van der Waals surface area contributed by atoms with E-state index in [2.05, 4.69) is 0 Å². The third-order valence-corrected chi connectivity index (χ3v) is 4.04. The topological polar surface area (TPSA) is 121 Å². The Morgan fingerprint density at radius 1 is 1.16 bits per heavy atom. The Morgan fingerprint density at radius 3 is 2.37 bits per heavy atom. The number of rotatable bonds is 3. The molecular formula is C12H18N2O5. The van der Waals surface area contributed by atoms with E-state index < -0.39 is 35.9 Å². The van der Waals surface area contributed by atoms with Gasteiger partial charge in [-0.25, -0.2) is 0 Å². The molecule has 1 heterocycles. The minimum atomic E-state index is -0.980. The van der Waals surface area contributed by atoms with E-state index in [1.54, 1.807) is 0 Å². The van der Waals surface area contributed by atoms with Gasteiger partial charge in [-0.05, 0) is 12.8 Å². The van der Waals surface area contributed by atoms with Crippen LogP contribution in [0.5, 0.6) is 0 Å². The molecule has 1 saturated heterocycles. The van der Waals surface area contributed by atoms with Crippen LogP contribution in [0.3, 0.4) is 0 Å². The number of primary amides is 1. The van der Waals surface area contributed by atoms with Gasteiger partial charge < -0.3 is 20.8 Å². The summed E-state index contributed by atoms with van der Waals surface area (Å²) in [6.07, 6.45) is 1.03. The molecule has 7 heteroatoms. The van der Waals surface area contributed by atoms with E-state index in [4.69, 9.17) is 10.8 Å². The van der Waals surface area contributed by atoms with Crippen LogP contribution in [-0.4, -0.2) is 51.6 Å². The SMILES string of the molecule is NC(=O)C1CC(O)CN1C(=O)[C@@H]1CCC[C@@H]1C(=O)O. The van der Waals surface area contributed by atoms with Gasteiger partial charge in [0.15, 0.2) is 0 Å². The molecule has 2 rings (SSSR count). The van der Waals surface area contributed by atoms with Crippen molar-refractivity contribution in [1.82, 2.24) is 4.90 Å². The van der Waals surface area contributed by atoms with Crippen molar-refractivity contribution in [1.29, 1.82) is 0 Å². The van der Waals surface area contributed by atoms with Gasteiger partial charge in [0.1, 0.15) is 6.04 Å². The van der Waals surface area contributed by atoms with E-state index in [0.29, 0.717) is 19.3 Å². The van der Waals surface area contributed by atoms with Gasteiger partial charge in [-0.1, -0.05) is 6.42 Å². The van der Waals surface area contributed by atoms with Crippen molar-refractivity contribution >= 4 is 17.8 Å². The van der Waals surface area contributed by atoms with Gasteiger partial charge in [0.2, 0.25) is 11.8 Å². The van der Waals surface area contributed by atoms with Gasteiger partial charge in [0.05, 0.1) is 17.9 Å². The van der Waals surface area contributed by atoms with Crippen LogP contribution in [0.25, 0.3) is 0 Å². The van der Waals surface area contributed by atoms with Crippen molar-refractivity contribution < 1.29 is 24.6 Å². The van der Waals surface area contributed by atoms with Gasteiger partial charge in [0.25, 0.3) is 0 Å². The van der Waals surface area contributed by atoms with E-state index in [9.17, 15) is 19.5 Å². The van der Waals surface area contributed by atoms with Crippen LogP contribution in [0.2, 0.25) is 0 Å². The number of aliphatic carboxylic acids is 1. The summed E-state index contributed by atoms with van der Waals surface area (Å²) in [7, 11) is 0. The number of carbonyl (C=O) groups excluding carboxylic acids is 2. The lowest BCUT2D eigenvalue weighted by atomic mass is 9.94. The standard InChI is InChI=1S/C12H18N2O5/c13-10(16)9-4-6(15)5-14(9)11(17)7-2-1-3-8(7)12(18)19/h6-9,15H,1-5H2,(H2,13,16)(H,18,19)/t6?,7-,8+,9?/m1/s1. The number of hydrogen-bond donors (Lipinski definition) is 3. The Kier molecular flexibility index (Phi) is 3.75. The molecule has 1 aliphatic carbocycles. The van der Waals surface area contributed by atoms with Crippen LogP contribution in [0.15, 0.2) is 0 Å². The van der Waals surface area contributed by atoms with Crippen molar-refractivity contribution in [2.45, 2.75) is 37.8 Å². The maximum Gasteiger partial charge on any atom is 0.307 e. The monoisotopic (exact) mass is 270 g/mol. The highest BCUT2D eigenvalue weighted by Gasteiger charge is 2.45. The molecule has 2 aliphatic rings. The van der Waals surface area contributed by atoms with E-state index in [-0.39, 0.29) is 18.9 Å². The van der Waals surface area contributed by atoms with Crippen LogP contribution >= 0.6 is 0 Å². The zero-order valence-corrected chi connectivity index (χ0v) is 10.5. The predicted molar refractivity (Wildman–Crippen MR) is 63.8 cm³/mol. The number of carbonyl (C=O) groups is 3. The number of aliphatic hydroxyl groups is 1. The summed E-state index contributed by atoms with van der Waals surface area (Å²) in [5, 5.41) is 18.7. The molecule has 2 amide bonds. The summed E-state index contributed by atoms with van der Waals surface area (Å²) < 4.78 is 0. The summed E-state index contributed by atoms with van der Waals surface area (Å²) >= 11 is 0. The van der Waals surface area contributed by atoms with Crippen molar-refractivity contribution in [3.05, 3.63) is 0 Å². The smallest absolute Gasteiger partial charge is 0.307 e. The minimum Gasteiger partial charge on any atom is -0.481 e. The average molecular weight is 270 g/mol. The molecule has 106 valence electrons. The van der Waals surface area contributed by atoms with E-state index in [1.807, 2.05) is 0 Å². The highest BCUT2D eigenvalue weighted by Crippen LogP contribution is 2.35. The van der Waals surface area contributed by atoms with Gasteiger partial charge in [-0.15, -0.1) is 0 Å². The van der Waals surface area contributed by atoms with Gasteiger partial charge >= 0.3 is 5.97 Å². The van der Waals surface area contributed by atoms with E-state index >= 15 is 0 Å². The molecular weight excluding hydrogens is 252 g/mol. The molecule has 7 nitrogen and oxygen atoms in total. The largest absolute Gasteiger partial charge is 0.481 e. The van der Waals surface area contributed by atoms with Gasteiger partial charge in [-0.2, -0.15) is 0 Å². The fraction of sp³-hybridized carbons (Fsp3) is 0.750. The number of amides is 2. The summed E-state index contributed by atoms with van der Waals surface area (Å²) in [6, 6.07) is -0.822. The lowest BCUT2D eigenvalue weighted by Gasteiger charge is -2.26. The van der Waals surface area contributed by atoms with E-state index in [1.165, 1.54) is 4.90 Å². The fourth-order valence-electron chi connectivity index (χ4n) is 3.09. The maximum absolute atomic E-state index is 12.4. The first-order valence-corrected chi connectivity index (χ1v) is 6.42. The van der Waals surface area contributed by atoms with E-state index in [0.717, 1.165) is 0 Å². The Labute approximate surface area is 110 Å². The van der Waals surface area contributed by atoms with Crippen molar-refractivity contribution in [2.75, 3.05) is 6.54 Å². The van der Waals surface area contributed by atoms with Crippen LogP contribution in [-0.2, 0) is 14.4 Å². The summed E-state index contributed by atoms with van der Waals surface area (Å²) in [5.74, 6) is -3.31. The summed E-state index contributed by atoms with van der Waals surface area (Å²) in [4.78, 5) is 36.0. The molecule has 0 spiro atoms. The Bertz CT molecular complexity index is 411. The molecule has 1 aliphatic heterocycles. The molecule has 2 fully saturated rings. The van der Waals surface area contributed by atoms with Crippen molar-refractivity contribution in [2.24, 2.45) is 17.6 Å². The third kappa shape index (κ3) is 2.56. The minimum absolute atomic E-state index is 0.0509.